The summed E-state index contributed by atoms with van der Waals surface area (Å²) in [7, 11) is -3.60. The number of hydrogen-bond donors (Lipinski definition) is 0. The molecule has 154 valence electrons. The summed E-state index contributed by atoms with van der Waals surface area (Å²) < 4.78 is 38.8. The maximum Gasteiger partial charge on any atom is 0.243 e. The van der Waals surface area contributed by atoms with Crippen LogP contribution in [0.2, 0.25) is 0 Å². The molecule has 0 spiro atoms. The summed E-state index contributed by atoms with van der Waals surface area (Å²) in [6.07, 6.45) is 2.93. The first kappa shape index (κ1) is 19.5. The van der Waals surface area contributed by atoms with E-state index in [9.17, 15) is 13.2 Å². The summed E-state index contributed by atoms with van der Waals surface area (Å²) in [5, 5.41) is 0. The lowest BCUT2D eigenvalue weighted by atomic mass is 10.3. The highest BCUT2D eigenvalue weighted by molar-refractivity contribution is 7.89. The van der Waals surface area contributed by atoms with E-state index in [4.69, 9.17) is 9.47 Å². The van der Waals surface area contributed by atoms with Crippen molar-refractivity contribution in [3.63, 3.8) is 0 Å². The maximum absolute atomic E-state index is 13.0. The molecule has 3 aliphatic rings. The minimum atomic E-state index is -3.60. The lowest BCUT2D eigenvalue weighted by Crippen LogP contribution is -2.51. The van der Waals surface area contributed by atoms with Crippen LogP contribution in [0, 0.1) is 0 Å². The fourth-order valence-electron chi connectivity index (χ4n) is 3.84. The summed E-state index contributed by atoms with van der Waals surface area (Å²) >= 11 is 0. The van der Waals surface area contributed by atoms with Gasteiger partial charge in [-0.05, 0) is 25.0 Å². The second-order valence-corrected chi connectivity index (χ2v) is 9.37. The molecule has 28 heavy (non-hydrogen) atoms. The average Bonchev–Trinajstić information content (AvgIpc) is 3.14. The van der Waals surface area contributed by atoms with Gasteiger partial charge in [0.2, 0.25) is 15.9 Å². The largest absolute Gasteiger partial charge is 0.490 e. The van der Waals surface area contributed by atoms with Crippen molar-refractivity contribution in [2.24, 2.45) is 0 Å². The van der Waals surface area contributed by atoms with Crippen molar-refractivity contribution in [2.75, 3.05) is 59.0 Å². The van der Waals surface area contributed by atoms with Crippen LogP contribution in [-0.4, -0.2) is 87.5 Å². The zero-order valence-corrected chi connectivity index (χ0v) is 16.8. The molecule has 0 aliphatic carbocycles. The molecule has 8 nitrogen and oxygen atoms in total. The van der Waals surface area contributed by atoms with Gasteiger partial charge in [0.05, 0.1) is 24.7 Å². The van der Waals surface area contributed by atoms with Gasteiger partial charge >= 0.3 is 0 Å². The van der Waals surface area contributed by atoms with Crippen LogP contribution in [0.3, 0.4) is 0 Å². The first-order valence-electron chi connectivity index (χ1n) is 9.94. The van der Waals surface area contributed by atoms with E-state index in [1.807, 2.05) is 9.80 Å². The van der Waals surface area contributed by atoms with Crippen LogP contribution in [-0.2, 0) is 14.8 Å². The Hall–Kier alpha value is -1.84. The van der Waals surface area contributed by atoms with Crippen LogP contribution in [0.25, 0.3) is 0 Å². The van der Waals surface area contributed by atoms with Crippen LogP contribution in [0.1, 0.15) is 19.3 Å². The van der Waals surface area contributed by atoms with E-state index in [2.05, 4.69) is 0 Å². The predicted molar refractivity (Wildman–Crippen MR) is 103 cm³/mol. The molecule has 2 fully saturated rings. The van der Waals surface area contributed by atoms with Gasteiger partial charge < -0.3 is 14.4 Å². The number of sulfonamides is 1. The average molecular weight is 410 g/mol. The van der Waals surface area contributed by atoms with Crippen molar-refractivity contribution in [2.45, 2.75) is 24.2 Å². The molecule has 4 rings (SSSR count). The zero-order chi connectivity index (χ0) is 19.6. The van der Waals surface area contributed by atoms with Crippen LogP contribution < -0.4 is 9.47 Å². The lowest BCUT2D eigenvalue weighted by Gasteiger charge is -2.34. The molecule has 0 atom stereocenters. The van der Waals surface area contributed by atoms with E-state index in [1.54, 1.807) is 18.2 Å². The quantitative estimate of drug-likeness (QED) is 0.731. The fourth-order valence-corrected chi connectivity index (χ4v) is 5.28. The molecular formula is C19H27N3O5S. The molecule has 1 aromatic rings. The van der Waals surface area contributed by atoms with Crippen molar-refractivity contribution >= 4 is 15.9 Å². The van der Waals surface area contributed by atoms with Crippen LogP contribution in [0.5, 0.6) is 11.5 Å². The SMILES string of the molecule is O=C(CN1CCN(S(=O)(=O)c2ccc3c(c2)OCCCO3)CC1)N1CCCC1. The number of likely N-dealkylation sites (tertiary alicyclic amines) is 1. The Bertz CT molecular complexity index is 815. The summed E-state index contributed by atoms with van der Waals surface area (Å²) in [5.74, 6) is 1.21. The third kappa shape index (κ3) is 4.11. The number of nitrogens with zero attached hydrogens (tertiary/aromatic N) is 3. The van der Waals surface area contributed by atoms with Crippen molar-refractivity contribution in [1.82, 2.24) is 14.1 Å². The van der Waals surface area contributed by atoms with E-state index in [-0.39, 0.29) is 10.8 Å². The molecule has 0 radical (unpaired) electrons. The van der Waals surface area contributed by atoms with Crippen LogP contribution in [0.15, 0.2) is 23.1 Å². The second-order valence-electron chi connectivity index (χ2n) is 7.43. The number of piperazine rings is 1. The Kier molecular flexibility index (Phi) is 5.75. The summed E-state index contributed by atoms with van der Waals surface area (Å²) in [4.78, 5) is 16.5. The van der Waals surface area contributed by atoms with Gasteiger partial charge in [0.15, 0.2) is 11.5 Å². The highest BCUT2D eigenvalue weighted by Gasteiger charge is 2.31. The third-order valence-corrected chi connectivity index (χ3v) is 7.40. The number of amides is 1. The molecule has 1 aromatic carbocycles. The van der Waals surface area contributed by atoms with Crippen LogP contribution in [0.4, 0.5) is 0 Å². The minimum absolute atomic E-state index is 0.150. The number of ether oxygens (including phenoxy) is 2. The van der Waals surface area contributed by atoms with Gasteiger partial charge in [0.25, 0.3) is 0 Å². The third-order valence-electron chi connectivity index (χ3n) is 5.51. The first-order chi connectivity index (χ1) is 13.5. The van der Waals surface area contributed by atoms with Gasteiger partial charge in [-0.3, -0.25) is 9.69 Å². The predicted octanol–water partition coefficient (Wildman–Crippen LogP) is 0.777. The Morgan fingerprint density at radius 1 is 0.893 bits per heavy atom. The molecule has 0 aromatic heterocycles. The molecule has 3 aliphatic heterocycles. The second kappa shape index (κ2) is 8.26. The number of rotatable bonds is 4. The number of carbonyl (C=O) groups is 1. The van der Waals surface area contributed by atoms with Gasteiger partial charge in [-0.25, -0.2) is 8.42 Å². The monoisotopic (exact) mass is 409 g/mol. The molecule has 0 bridgehead atoms. The zero-order valence-electron chi connectivity index (χ0n) is 16.0. The van der Waals surface area contributed by atoms with E-state index in [1.165, 1.54) is 4.31 Å². The molecule has 0 N–H and O–H groups in total. The maximum atomic E-state index is 13.0. The highest BCUT2D eigenvalue weighted by Crippen LogP contribution is 2.33. The topological polar surface area (TPSA) is 79.4 Å². The molecule has 9 heteroatoms. The van der Waals surface area contributed by atoms with Crippen molar-refractivity contribution in [3.05, 3.63) is 18.2 Å². The Morgan fingerprint density at radius 3 is 2.29 bits per heavy atom. The summed E-state index contributed by atoms with van der Waals surface area (Å²) in [6.45, 7) is 5.02. The highest BCUT2D eigenvalue weighted by atomic mass is 32.2. The number of hydrogen-bond acceptors (Lipinski definition) is 6. The van der Waals surface area contributed by atoms with E-state index in [0.29, 0.717) is 57.4 Å². The van der Waals surface area contributed by atoms with Gasteiger partial charge in [-0.15, -0.1) is 0 Å². The standard InChI is InChI=1S/C19H27N3O5S/c23-19(21-6-1-2-7-21)15-20-8-10-22(11-9-20)28(24,25)16-4-5-17-18(14-16)27-13-3-12-26-17/h4-5,14H,1-3,6-13,15H2. The normalized spacial score (nSPS) is 21.5. The van der Waals surface area contributed by atoms with Crippen molar-refractivity contribution < 1.29 is 22.7 Å². The summed E-state index contributed by atoms with van der Waals surface area (Å²) in [5.41, 5.74) is 0. The molecule has 2 saturated heterocycles. The van der Waals surface area contributed by atoms with Gasteiger partial charge in [0, 0.05) is 51.8 Å². The van der Waals surface area contributed by atoms with Crippen LogP contribution >= 0.6 is 0 Å². The molecular weight excluding hydrogens is 382 g/mol. The molecule has 0 unspecified atom stereocenters. The van der Waals surface area contributed by atoms with E-state index >= 15 is 0 Å². The molecule has 3 heterocycles. The number of carbonyl (C=O) groups excluding carboxylic acids is 1. The minimum Gasteiger partial charge on any atom is -0.490 e. The fraction of sp³-hybridized carbons (Fsp3) is 0.632. The van der Waals surface area contributed by atoms with Gasteiger partial charge in [-0.2, -0.15) is 4.31 Å². The lowest BCUT2D eigenvalue weighted by molar-refractivity contribution is -0.131. The van der Waals surface area contributed by atoms with Gasteiger partial charge in [-0.1, -0.05) is 0 Å². The smallest absolute Gasteiger partial charge is 0.243 e. The Labute approximate surface area is 166 Å². The van der Waals surface area contributed by atoms with Gasteiger partial charge in [0.1, 0.15) is 0 Å². The van der Waals surface area contributed by atoms with Crippen molar-refractivity contribution in [1.29, 1.82) is 0 Å². The first-order valence-corrected chi connectivity index (χ1v) is 11.4. The van der Waals surface area contributed by atoms with Crippen molar-refractivity contribution in [3.8, 4) is 11.5 Å². The number of fused-ring (bicyclic) bond motifs is 1. The molecule has 0 saturated carbocycles. The molecule has 1 amide bonds. The van der Waals surface area contributed by atoms with E-state index < -0.39 is 10.0 Å². The Balaban J connectivity index is 1.38. The van der Waals surface area contributed by atoms with E-state index in [0.717, 1.165) is 32.4 Å². The number of benzene rings is 1. The summed E-state index contributed by atoms with van der Waals surface area (Å²) in [6, 6.07) is 4.80. The Morgan fingerprint density at radius 2 is 1.57 bits per heavy atom.